The Morgan fingerprint density at radius 1 is 1.50 bits per heavy atom. The number of nitrogens with zero attached hydrogens (tertiary/aromatic N) is 3. The Morgan fingerprint density at radius 2 is 2.27 bits per heavy atom. The highest BCUT2D eigenvalue weighted by molar-refractivity contribution is 9.10. The van der Waals surface area contributed by atoms with E-state index in [0.29, 0.717) is 18.5 Å². The van der Waals surface area contributed by atoms with Gasteiger partial charge in [0.1, 0.15) is 10.6 Å². The van der Waals surface area contributed by atoms with Gasteiger partial charge in [-0.1, -0.05) is 11.8 Å². The van der Waals surface area contributed by atoms with Gasteiger partial charge in [-0.15, -0.1) is 0 Å². The average Bonchev–Trinajstić information content (AvgIpc) is 3.06. The molecule has 0 spiro atoms. The number of hydroxylamine groups is 1. The van der Waals surface area contributed by atoms with Crippen LogP contribution in [0.3, 0.4) is 0 Å². The molecule has 1 aromatic carbocycles. The molecule has 0 atom stereocenters. The van der Waals surface area contributed by atoms with Gasteiger partial charge in [-0.2, -0.15) is 0 Å². The van der Waals surface area contributed by atoms with Crippen molar-refractivity contribution in [2.75, 3.05) is 7.11 Å². The van der Waals surface area contributed by atoms with Crippen molar-refractivity contribution < 1.29 is 23.8 Å². The summed E-state index contributed by atoms with van der Waals surface area (Å²) in [5.74, 6) is -0.834. The van der Waals surface area contributed by atoms with E-state index >= 15 is 0 Å². The number of aromatic nitrogens is 2. The van der Waals surface area contributed by atoms with Crippen LogP contribution in [0.2, 0.25) is 0 Å². The molecule has 1 fully saturated rings. The van der Waals surface area contributed by atoms with E-state index in [-0.39, 0.29) is 27.0 Å². The predicted octanol–water partition coefficient (Wildman–Crippen LogP) is 3.22. The van der Waals surface area contributed by atoms with E-state index < -0.39 is 10.6 Å². The van der Waals surface area contributed by atoms with Crippen molar-refractivity contribution in [3.63, 3.8) is 0 Å². The van der Waals surface area contributed by atoms with Gasteiger partial charge < -0.3 is 4.74 Å². The van der Waals surface area contributed by atoms with Crippen LogP contribution >= 0.6 is 27.7 Å². The number of carbonyl (C=O) groups is 1. The molecule has 1 heterocycles. The summed E-state index contributed by atoms with van der Waals surface area (Å²) in [4.78, 5) is 16.3. The lowest BCUT2D eigenvalue weighted by molar-refractivity contribution is -0.145. The lowest BCUT2D eigenvalue weighted by Gasteiger charge is -2.37. The molecule has 2 aromatic rings. The van der Waals surface area contributed by atoms with Crippen LogP contribution < -0.4 is 5.48 Å². The smallest absolute Gasteiger partial charge is 0.322 e. The topological polar surface area (TPSA) is 110 Å². The molecule has 8 nitrogen and oxygen atoms in total. The van der Waals surface area contributed by atoms with Gasteiger partial charge in [-0.25, -0.2) is 14.0 Å². The number of hydrogen-bond donors (Lipinski definition) is 2. The first-order valence-electron chi connectivity index (χ1n) is 7.53. The van der Waals surface area contributed by atoms with Gasteiger partial charge in [0.2, 0.25) is 0 Å². The highest BCUT2D eigenvalue weighted by Gasteiger charge is 2.48. The van der Waals surface area contributed by atoms with Crippen molar-refractivity contribution in [1.82, 2.24) is 15.8 Å². The molecule has 11 heteroatoms. The summed E-state index contributed by atoms with van der Waals surface area (Å²) < 4.78 is 22.5. The Kier molecular flexibility index (Phi) is 5.58. The molecule has 1 saturated carbocycles. The number of halogens is 2. The van der Waals surface area contributed by atoms with Crippen LogP contribution in [0, 0.1) is 5.82 Å². The number of esters is 1. The van der Waals surface area contributed by atoms with Gasteiger partial charge >= 0.3 is 5.97 Å². The second-order valence-electron chi connectivity index (χ2n) is 5.53. The molecule has 0 amide bonds. The normalized spacial score (nSPS) is 16.1. The van der Waals surface area contributed by atoms with E-state index in [1.807, 2.05) is 5.48 Å². The number of methoxy groups -OCH3 is 1. The molecule has 0 radical (unpaired) electrons. The van der Waals surface area contributed by atoms with Crippen LogP contribution in [0.15, 0.2) is 37.3 Å². The summed E-state index contributed by atoms with van der Waals surface area (Å²) in [6.07, 6.45) is 2.17. The van der Waals surface area contributed by atoms with E-state index in [4.69, 9.17) is 9.37 Å². The van der Waals surface area contributed by atoms with E-state index in [0.717, 1.165) is 18.2 Å². The van der Waals surface area contributed by atoms with Gasteiger partial charge in [-0.05, 0) is 63.7 Å². The zero-order valence-electron chi connectivity index (χ0n) is 13.5. The molecular weight excluding hydrogens is 431 g/mol. The minimum Gasteiger partial charge on any atom is -0.468 e. The van der Waals surface area contributed by atoms with E-state index in [9.17, 15) is 14.4 Å². The highest BCUT2D eigenvalue weighted by Crippen LogP contribution is 2.48. The second kappa shape index (κ2) is 7.72. The van der Waals surface area contributed by atoms with Crippen molar-refractivity contribution >= 4 is 45.2 Å². The Bertz CT molecular complexity index is 856. The number of aliphatic imine (C=N–C) groups is 1. The van der Waals surface area contributed by atoms with Gasteiger partial charge in [0.05, 0.1) is 17.3 Å². The molecule has 1 aliphatic rings. The molecule has 1 aliphatic carbocycles. The van der Waals surface area contributed by atoms with E-state index in [1.54, 1.807) is 0 Å². The maximum atomic E-state index is 13.4. The monoisotopic (exact) mass is 444 g/mol. The summed E-state index contributed by atoms with van der Waals surface area (Å²) in [7, 11) is 1.33. The Balaban J connectivity index is 1.91. The summed E-state index contributed by atoms with van der Waals surface area (Å²) in [5.41, 5.74) is 2.44. The first kappa shape index (κ1) is 18.8. The number of benzene rings is 1. The third-order valence-electron chi connectivity index (χ3n) is 3.94. The SMILES string of the molecule is COC(=O)C1(Sc2nonc2C(=Nc2ccc(F)c(Br)c2)NO)CCC1. The standard InChI is InChI=1S/C15H14BrFN4O4S/c1-24-14(22)15(5-2-6-15)26-13-11(20-25-21-13)12(19-23)18-8-3-4-10(17)9(16)7-8/h3-4,7,23H,2,5-6H2,1H3,(H,18,19). The van der Waals surface area contributed by atoms with Crippen LogP contribution in [0.5, 0.6) is 0 Å². The fourth-order valence-corrected chi connectivity index (χ4v) is 4.12. The van der Waals surface area contributed by atoms with Gasteiger partial charge in [0.25, 0.3) is 0 Å². The highest BCUT2D eigenvalue weighted by atomic mass is 79.9. The Labute approximate surface area is 160 Å². The first-order valence-corrected chi connectivity index (χ1v) is 9.14. The van der Waals surface area contributed by atoms with Crippen LogP contribution in [0.25, 0.3) is 0 Å². The van der Waals surface area contributed by atoms with E-state index in [2.05, 4.69) is 31.2 Å². The molecular formula is C15H14BrFN4O4S. The van der Waals surface area contributed by atoms with Crippen molar-refractivity contribution in [2.45, 2.75) is 29.0 Å². The molecule has 3 rings (SSSR count). The second-order valence-corrected chi connectivity index (χ2v) is 7.76. The van der Waals surface area contributed by atoms with Crippen LogP contribution in [0.1, 0.15) is 25.0 Å². The molecule has 26 heavy (non-hydrogen) atoms. The van der Waals surface area contributed by atoms with Gasteiger partial charge in [-0.3, -0.25) is 15.5 Å². The Hall–Kier alpha value is -1.98. The molecule has 2 N–H and O–H groups in total. The first-order chi connectivity index (χ1) is 12.5. The predicted molar refractivity (Wildman–Crippen MR) is 94.0 cm³/mol. The fourth-order valence-electron chi connectivity index (χ4n) is 2.42. The summed E-state index contributed by atoms with van der Waals surface area (Å²) >= 11 is 4.23. The van der Waals surface area contributed by atoms with Crippen molar-refractivity contribution in [3.8, 4) is 0 Å². The summed E-state index contributed by atoms with van der Waals surface area (Å²) in [6, 6.07) is 4.10. The molecule has 0 bridgehead atoms. The maximum Gasteiger partial charge on any atom is 0.322 e. The number of carbonyl (C=O) groups excluding carboxylic acids is 1. The van der Waals surface area contributed by atoms with Gasteiger partial charge in [0.15, 0.2) is 16.6 Å². The number of amidine groups is 1. The molecule has 0 saturated heterocycles. The average molecular weight is 445 g/mol. The lowest BCUT2D eigenvalue weighted by Crippen LogP contribution is -2.43. The van der Waals surface area contributed by atoms with Crippen LogP contribution in [-0.2, 0) is 9.53 Å². The van der Waals surface area contributed by atoms with Crippen molar-refractivity contribution in [3.05, 3.63) is 34.2 Å². The largest absolute Gasteiger partial charge is 0.468 e. The molecule has 1 aromatic heterocycles. The molecule has 138 valence electrons. The zero-order valence-corrected chi connectivity index (χ0v) is 15.9. The lowest BCUT2D eigenvalue weighted by atomic mass is 9.84. The maximum absolute atomic E-state index is 13.4. The Morgan fingerprint density at radius 3 is 2.85 bits per heavy atom. The number of rotatable bonds is 5. The van der Waals surface area contributed by atoms with Crippen LogP contribution in [0.4, 0.5) is 10.1 Å². The van der Waals surface area contributed by atoms with Crippen LogP contribution in [-0.4, -0.2) is 39.2 Å². The summed E-state index contributed by atoms with van der Waals surface area (Å²) in [6.45, 7) is 0. The van der Waals surface area contributed by atoms with Gasteiger partial charge in [0, 0.05) is 0 Å². The minimum absolute atomic E-state index is 0.0494. The number of hydrogen-bond acceptors (Lipinski definition) is 8. The summed E-state index contributed by atoms with van der Waals surface area (Å²) in [5, 5.41) is 17.3. The number of ether oxygens (including phenoxy) is 1. The number of thioether (sulfide) groups is 1. The zero-order chi connectivity index (χ0) is 18.7. The minimum atomic E-state index is -0.748. The quantitative estimate of drug-likeness (QED) is 0.313. The van der Waals surface area contributed by atoms with Crippen molar-refractivity contribution in [2.24, 2.45) is 4.99 Å². The third kappa shape index (κ3) is 3.60. The van der Waals surface area contributed by atoms with Crippen molar-refractivity contribution in [1.29, 1.82) is 0 Å². The van der Waals surface area contributed by atoms with E-state index in [1.165, 1.54) is 25.3 Å². The third-order valence-corrected chi connectivity index (χ3v) is 5.98. The molecule has 0 aliphatic heterocycles. The fraction of sp³-hybridized carbons (Fsp3) is 0.333. The number of nitrogens with one attached hydrogen (secondary N) is 1. The molecule has 0 unspecified atom stereocenters.